The number of thiazole rings is 1. The first-order chi connectivity index (χ1) is 7.17. The van der Waals surface area contributed by atoms with Gasteiger partial charge in [0.1, 0.15) is 4.88 Å². The number of hydrogen-bond donors (Lipinski definition) is 1. The Bertz CT molecular complexity index is 327. The number of aromatic nitrogens is 1. The van der Waals surface area contributed by atoms with E-state index in [-0.39, 0.29) is 12.0 Å². The second-order valence-electron chi connectivity index (χ2n) is 3.02. The number of hydrogen-bond acceptors (Lipinski definition) is 6. The van der Waals surface area contributed by atoms with Gasteiger partial charge >= 0.3 is 5.97 Å². The minimum absolute atomic E-state index is 0.159. The summed E-state index contributed by atoms with van der Waals surface area (Å²) >= 11 is 1.27. The molecular weight excluding hydrogens is 216 g/mol. The molecule has 0 radical (unpaired) electrons. The maximum absolute atomic E-state index is 11.1. The van der Waals surface area contributed by atoms with Gasteiger partial charge in [-0.2, -0.15) is 0 Å². The Balaban J connectivity index is 2.56. The summed E-state index contributed by atoms with van der Waals surface area (Å²) in [4.78, 5) is 15.7. The molecule has 5 nitrogen and oxygen atoms in total. The van der Waals surface area contributed by atoms with Gasteiger partial charge in [-0.05, 0) is 6.92 Å². The summed E-state index contributed by atoms with van der Waals surface area (Å²) in [5.41, 5.74) is 0. The van der Waals surface area contributed by atoms with Crippen LogP contribution in [0, 0.1) is 0 Å². The van der Waals surface area contributed by atoms with E-state index < -0.39 is 0 Å². The maximum Gasteiger partial charge on any atom is 0.349 e. The molecule has 0 amide bonds. The number of carbonyl (C=O) groups excluding carboxylic acids is 1. The molecule has 0 aromatic carbocycles. The standard InChI is InChI=1S/C9H14N2O3S/c1-6(5-13-2)11-9-10-4-7(15-9)8(12)14-3/h4,6H,5H2,1-3H3,(H,10,11). The molecule has 84 valence electrons. The Labute approximate surface area is 92.4 Å². The highest BCUT2D eigenvalue weighted by Gasteiger charge is 2.11. The van der Waals surface area contributed by atoms with Crippen LogP contribution in [0.1, 0.15) is 16.6 Å². The maximum atomic E-state index is 11.1. The summed E-state index contributed by atoms with van der Waals surface area (Å²) in [7, 11) is 2.99. The van der Waals surface area contributed by atoms with Gasteiger partial charge in [0.2, 0.25) is 0 Å². The molecule has 6 heteroatoms. The summed E-state index contributed by atoms with van der Waals surface area (Å²) in [6.07, 6.45) is 1.50. The number of nitrogens with one attached hydrogen (secondary N) is 1. The largest absolute Gasteiger partial charge is 0.465 e. The van der Waals surface area contributed by atoms with Crippen molar-refractivity contribution >= 4 is 22.4 Å². The lowest BCUT2D eigenvalue weighted by Gasteiger charge is -2.10. The molecule has 1 N–H and O–H groups in total. The molecule has 0 bridgehead atoms. The molecule has 1 heterocycles. The Kier molecular flexibility index (Phi) is 4.51. The van der Waals surface area contributed by atoms with Crippen molar-refractivity contribution in [3.63, 3.8) is 0 Å². The Morgan fingerprint density at radius 1 is 1.67 bits per heavy atom. The molecule has 0 aliphatic carbocycles. The predicted molar refractivity (Wildman–Crippen MR) is 58.4 cm³/mol. The van der Waals surface area contributed by atoms with Crippen molar-refractivity contribution in [3.05, 3.63) is 11.1 Å². The first kappa shape index (κ1) is 11.9. The molecule has 0 aliphatic rings. The normalized spacial score (nSPS) is 12.2. The summed E-state index contributed by atoms with van der Waals surface area (Å²) in [5.74, 6) is -0.361. The van der Waals surface area contributed by atoms with Crippen molar-refractivity contribution in [1.29, 1.82) is 0 Å². The van der Waals surface area contributed by atoms with Gasteiger partial charge in [0, 0.05) is 13.2 Å². The van der Waals surface area contributed by atoms with Crippen LogP contribution in [0.2, 0.25) is 0 Å². The molecule has 1 unspecified atom stereocenters. The first-order valence-electron chi connectivity index (χ1n) is 4.47. The molecule has 1 atom stereocenters. The van der Waals surface area contributed by atoms with Crippen LogP contribution in [0.15, 0.2) is 6.20 Å². The van der Waals surface area contributed by atoms with Gasteiger partial charge in [0.15, 0.2) is 5.13 Å². The third-order valence-electron chi connectivity index (χ3n) is 1.68. The van der Waals surface area contributed by atoms with E-state index in [4.69, 9.17) is 4.74 Å². The van der Waals surface area contributed by atoms with Crippen LogP contribution in [0.25, 0.3) is 0 Å². The highest BCUT2D eigenvalue weighted by atomic mass is 32.1. The van der Waals surface area contributed by atoms with Crippen LogP contribution in [0.4, 0.5) is 5.13 Å². The van der Waals surface area contributed by atoms with Gasteiger partial charge < -0.3 is 14.8 Å². The third kappa shape index (κ3) is 3.49. The third-order valence-corrected chi connectivity index (χ3v) is 2.59. The molecule has 1 aromatic heterocycles. The van der Waals surface area contributed by atoms with Crippen LogP contribution in [-0.2, 0) is 9.47 Å². The summed E-state index contributed by atoms with van der Waals surface area (Å²) in [6.45, 7) is 2.57. The Hall–Kier alpha value is -1.14. The highest BCUT2D eigenvalue weighted by molar-refractivity contribution is 7.17. The van der Waals surface area contributed by atoms with E-state index in [1.54, 1.807) is 7.11 Å². The number of methoxy groups -OCH3 is 2. The zero-order valence-corrected chi connectivity index (χ0v) is 9.76. The van der Waals surface area contributed by atoms with Crippen LogP contribution in [-0.4, -0.2) is 37.8 Å². The minimum Gasteiger partial charge on any atom is -0.465 e. The lowest BCUT2D eigenvalue weighted by atomic mass is 10.4. The van der Waals surface area contributed by atoms with Crippen LogP contribution < -0.4 is 5.32 Å². The van der Waals surface area contributed by atoms with Gasteiger partial charge in [-0.3, -0.25) is 0 Å². The molecular formula is C9H14N2O3S. The summed E-state index contributed by atoms with van der Waals surface area (Å²) in [5, 5.41) is 3.81. The summed E-state index contributed by atoms with van der Waals surface area (Å²) < 4.78 is 9.56. The molecule has 15 heavy (non-hydrogen) atoms. The van der Waals surface area contributed by atoms with Crippen molar-refractivity contribution in [2.75, 3.05) is 26.1 Å². The Morgan fingerprint density at radius 2 is 2.40 bits per heavy atom. The van der Waals surface area contributed by atoms with Crippen molar-refractivity contribution < 1.29 is 14.3 Å². The lowest BCUT2D eigenvalue weighted by Crippen LogP contribution is -2.20. The van der Waals surface area contributed by atoms with Gasteiger partial charge in [0.25, 0.3) is 0 Å². The number of ether oxygens (including phenoxy) is 2. The van der Waals surface area contributed by atoms with E-state index >= 15 is 0 Å². The second-order valence-corrected chi connectivity index (χ2v) is 4.05. The van der Waals surface area contributed by atoms with Crippen molar-refractivity contribution in [3.8, 4) is 0 Å². The van der Waals surface area contributed by atoms with Crippen LogP contribution in [0.5, 0.6) is 0 Å². The number of nitrogens with zero attached hydrogens (tertiary/aromatic N) is 1. The molecule has 1 rings (SSSR count). The van der Waals surface area contributed by atoms with Gasteiger partial charge in [-0.25, -0.2) is 9.78 Å². The average molecular weight is 230 g/mol. The van der Waals surface area contributed by atoms with Gasteiger partial charge in [-0.1, -0.05) is 11.3 Å². The number of esters is 1. The van der Waals surface area contributed by atoms with Crippen molar-refractivity contribution in [2.45, 2.75) is 13.0 Å². The smallest absolute Gasteiger partial charge is 0.349 e. The minimum atomic E-state index is -0.361. The zero-order valence-electron chi connectivity index (χ0n) is 8.94. The fraction of sp³-hybridized carbons (Fsp3) is 0.556. The van der Waals surface area contributed by atoms with Crippen molar-refractivity contribution in [2.24, 2.45) is 0 Å². The number of rotatable bonds is 5. The van der Waals surface area contributed by atoms with E-state index in [0.29, 0.717) is 16.6 Å². The van der Waals surface area contributed by atoms with Gasteiger partial charge in [0.05, 0.1) is 19.9 Å². The fourth-order valence-electron chi connectivity index (χ4n) is 1.04. The molecule has 0 spiro atoms. The molecule has 0 saturated carbocycles. The SMILES string of the molecule is COCC(C)Nc1ncc(C(=O)OC)s1. The zero-order chi connectivity index (χ0) is 11.3. The van der Waals surface area contributed by atoms with Crippen molar-refractivity contribution in [1.82, 2.24) is 4.98 Å². The van der Waals surface area contributed by atoms with Gasteiger partial charge in [-0.15, -0.1) is 0 Å². The topological polar surface area (TPSA) is 60.5 Å². The predicted octanol–water partition coefficient (Wildman–Crippen LogP) is 1.38. The van der Waals surface area contributed by atoms with Crippen LogP contribution in [0.3, 0.4) is 0 Å². The first-order valence-corrected chi connectivity index (χ1v) is 5.28. The van der Waals surface area contributed by atoms with E-state index in [1.165, 1.54) is 24.6 Å². The van der Waals surface area contributed by atoms with E-state index in [0.717, 1.165) is 0 Å². The van der Waals surface area contributed by atoms with E-state index in [2.05, 4.69) is 15.0 Å². The average Bonchev–Trinajstić information content (AvgIpc) is 2.65. The molecule has 0 fully saturated rings. The second kappa shape index (κ2) is 5.67. The van der Waals surface area contributed by atoms with E-state index in [9.17, 15) is 4.79 Å². The Morgan fingerprint density at radius 3 is 3.00 bits per heavy atom. The van der Waals surface area contributed by atoms with Crippen LogP contribution >= 0.6 is 11.3 Å². The monoisotopic (exact) mass is 230 g/mol. The number of anilines is 1. The van der Waals surface area contributed by atoms with E-state index in [1.807, 2.05) is 6.92 Å². The molecule has 1 aromatic rings. The molecule has 0 aliphatic heterocycles. The highest BCUT2D eigenvalue weighted by Crippen LogP contribution is 2.19. The lowest BCUT2D eigenvalue weighted by molar-refractivity contribution is 0.0606. The summed E-state index contributed by atoms with van der Waals surface area (Å²) in [6, 6.07) is 0.159. The number of carbonyl (C=O) groups is 1. The molecule has 0 saturated heterocycles. The quantitative estimate of drug-likeness (QED) is 0.774. The fourth-order valence-corrected chi connectivity index (χ4v) is 1.88.